The van der Waals surface area contributed by atoms with Crippen LogP contribution in [0.25, 0.3) is 22.2 Å². The molecule has 1 unspecified atom stereocenters. The summed E-state index contributed by atoms with van der Waals surface area (Å²) < 4.78 is 0. The number of amides is 1. The van der Waals surface area contributed by atoms with Crippen LogP contribution in [0.3, 0.4) is 0 Å². The van der Waals surface area contributed by atoms with E-state index in [1.165, 1.54) is 11.1 Å². The summed E-state index contributed by atoms with van der Waals surface area (Å²) in [6.07, 6.45) is 0. The lowest BCUT2D eigenvalue weighted by molar-refractivity contribution is 0.0941. The van der Waals surface area contributed by atoms with Gasteiger partial charge in [0.15, 0.2) is 0 Å². The Hall–Kier alpha value is -3.17. The van der Waals surface area contributed by atoms with E-state index < -0.39 is 0 Å². The topological polar surface area (TPSA) is 42.0 Å². The number of halogens is 1. The van der Waals surface area contributed by atoms with Gasteiger partial charge in [0.1, 0.15) is 0 Å². The molecule has 0 saturated heterocycles. The second-order valence-electron chi connectivity index (χ2n) is 7.62. The van der Waals surface area contributed by atoms with Crippen molar-refractivity contribution in [1.29, 1.82) is 0 Å². The van der Waals surface area contributed by atoms with Crippen molar-refractivity contribution in [2.45, 2.75) is 26.8 Å². The Morgan fingerprint density at radius 1 is 0.933 bits per heavy atom. The summed E-state index contributed by atoms with van der Waals surface area (Å²) >= 11 is 5.99. The summed E-state index contributed by atoms with van der Waals surface area (Å²) in [5.41, 5.74) is 6.65. The summed E-state index contributed by atoms with van der Waals surface area (Å²) in [7, 11) is 0. The number of hydrogen-bond acceptors (Lipinski definition) is 2. The van der Waals surface area contributed by atoms with Gasteiger partial charge in [0.25, 0.3) is 5.91 Å². The minimum Gasteiger partial charge on any atom is -0.345 e. The number of benzene rings is 3. The molecule has 0 aliphatic rings. The van der Waals surface area contributed by atoms with Gasteiger partial charge in [0, 0.05) is 16.0 Å². The van der Waals surface area contributed by atoms with Crippen molar-refractivity contribution in [1.82, 2.24) is 10.3 Å². The number of para-hydroxylation sites is 1. The summed E-state index contributed by atoms with van der Waals surface area (Å²) in [4.78, 5) is 18.1. The third-order valence-electron chi connectivity index (χ3n) is 5.48. The number of nitrogens with one attached hydrogen (secondary N) is 1. The van der Waals surface area contributed by atoms with E-state index in [0.29, 0.717) is 10.6 Å². The smallest absolute Gasteiger partial charge is 0.252 e. The van der Waals surface area contributed by atoms with Crippen molar-refractivity contribution in [2.75, 3.05) is 0 Å². The minimum absolute atomic E-state index is 0.124. The molecule has 1 N–H and O–H groups in total. The van der Waals surface area contributed by atoms with Gasteiger partial charge in [-0.2, -0.15) is 0 Å². The predicted octanol–water partition coefficient (Wildman–Crippen LogP) is 6.66. The molecule has 0 aliphatic carbocycles. The molecule has 3 nitrogen and oxygen atoms in total. The third-order valence-corrected chi connectivity index (χ3v) is 5.73. The van der Waals surface area contributed by atoms with Crippen molar-refractivity contribution in [2.24, 2.45) is 0 Å². The first-order valence-corrected chi connectivity index (χ1v) is 10.3. The maximum absolute atomic E-state index is 13.2. The Balaban J connectivity index is 1.74. The number of aromatic nitrogens is 1. The van der Waals surface area contributed by atoms with Crippen molar-refractivity contribution in [3.05, 3.63) is 100 Å². The number of carbonyl (C=O) groups is 1. The van der Waals surface area contributed by atoms with Crippen LogP contribution < -0.4 is 5.32 Å². The fourth-order valence-electron chi connectivity index (χ4n) is 3.52. The zero-order valence-corrected chi connectivity index (χ0v) is 18.0. The number of hydrogen-bond donors (Lipinski definition) is 1. The lowest BCUT2D eigenvalue weighted by Crippen LogP contribution is -2.27. The quantitative estimate of drug-likeness (QED) is 0.405. The SMILES string of the molecule is Cc1ccc(-c2cc(C(=O)NC(C)c3ccc(Cl)cc3)c3ccccc3n2)cc1C. The Kier molecular flexibility index (Phi) is 5.56. The zero-order chi connectivity index (χ0) is 21.3. The molecule has 1 amide bonds. The molecule has 1 atom stereocenters. The van der Waals surface area contributed by atoms with E-state index in [0.717, 1.165) is 27.7 Å². The van der Waals surface area contributed by atoms with Crippen molar-refractivity contribution in [3.63, 3.8) is 0 Å². The van der Waals surface area contributed by atoms with E-state index in [-0.39, 0.29) is 11.9 Å². The molecule has 0 aliphatic heterocycles. The monoisotopic (exact) mass is 414 g/mol. The molecular formula is C26H23ClN2O. The van der Waals surface area contributed by atoms with Crippen molar-refractivity contribution >= 4 is 28.4 Å². The van der Waals surface area contributed by atoms with Crippen LogP contribution in [0.5, 0.6) is 0 Å². The van der Waals surface area contributed by atoms with Crippen LogP contribution in [0, 0.1) is 13.8 Å². The standard InChI is InChI=1S/C26H23ClN2O/c1-16-8-9-20(14-17(16)2)25-15-23(22-6-4-5-7-24(22)29-25)26(30)28-18(3)19-10-12-21(27)13-11-19/h4-15,18H,1-3H3,(H,28,30). The lowest BCUT2D eigenvalue weighted by Gasteiger charge is -2.16. The Labute approximate surface area is 181 Å². The minimum atomic E-state index is -0.147. The van der Waals surface area contributed by atoms with Gasteiger partial charge in [-0.15, -0.1) is 0 Å². The van der Waals surface area contributed by atoms with E-state index in [4.69, 9.17) is 16.6 Å². The van der Waals surface area contributed by atoms with Gasteiger partial charge in [0.05, 0.1) is 22.8 Å². The van der Waals surface area contributed by atoms with Crippen LogP contribution in [0.1, 0.15) is 40.0 Å². The van der Waals surface area contributed by atoms with Crippen LogP contribution in [0.15, 0.2) is 72.8 Å². The first-order valence-electron chi connectivity index (χ1n) is 9.96. The molecule has 4 rings (SSSR count). The van der Waals surface area contributed by atoms with Crippen molar-refractivity contribution in [3.8, 4) is 11.3 Å². The van der Waals surface area contributed by atoms with Crippen LogP contribution in [0.4, 0.5) is 0 Å². The highest BCUT2D eigenvalue weighted by Gasteiger charge is 2.17. The van der Waals surface area contributed by atoms with Crippen LogP contribution in [0.2, 0.25) is 5.02 Å². The highest BCUT2D eigenvalue weighted by molar-refractivity contribution is 6.30. The molecule has 0 bridgehead atoms. The normalized spacial score (nSPS) is 12.0. The number of aryl methyl sites for hydroxylation is 2. The summed E-state index contributed by atoms with van der Waals surface area (Å²) in [6, 6.07) is 23.3. The molecule has 1 aromatic heterocycles. The summed E-state index contributed by atoms with van der Waals surface area (Å²) in [6.45, 7) is 6.14. The number of carbonyl (C=O) groups excluding carboxylic acids is 1. The Bertz CT molecular complexity index is 1230. The fourth-order valence-corrected chi connectivity index (χ4v) is 3.65. The number of nitrogens with zero attached hydrogens (tertiary/aromatic N) is 1. The first kappa shape index (κ1) is 20.1. The van der Waals surface area contributed by atoms with Gasteiger partial charge in [-0.25, -0.2) is 4.98 Å². The van der Waals surface area contributed by atoms with Crippen LogP contribution in [-0.2, 0) is 0 Å². The lowest BCUT2D eigenvalue weighted by atomic mass is 10.00. The van der Waals surface area contributed by atoms with Crippen molar-refractivity contribution < 1.29 is 4.79 Å². The largest absolute Gasteiger partial charge is 0.345 e. The molecule has 3 aromatic carbocycles. The maximum Gasteiger partial charge on any atom is 0.252 e. The fraction of sp³-hybridized carbons (Fsp3) is 0.154. The Morgan fingerprint density at radius 3 is 2.40 bits per heavy atom. The van der Waals surface area contributed by atoms with Gasteiger partial charge < -0.3 is 5.32 Å². The van der Waals surface area contributed by atoms with Crippen LogP contribution in [-0.4, -0.2) is 10.9 Å². The maximum atomic E-state index is 13.2. The zero-order valence-electron chi connectivity index (χ0n) is 17.2. The van der Waals surface area contributed by atoms with E-state index in [9.17, 15) is 4.79 Å². The van der Waals surface area contributed by atoms with Gasteiger partial charge in [-0.1, -0.05) is 54.1 Å². The average molecular weight is 415 g/mol. The van der Waals surface area contributed by atoms with E-state index in [2.05, 4.69) is 37.4 Å². The van der Waals surface area contributed by atoms with Gasteiger partial charge in [-0.3, -0.25) is 4.79 Å². The molecule has 1 heterocycles. The van der Waals surface area contributed by atoms with E-state index in [1.54, 1.807) is 0 Å². The number of rotatable bonds is 4. The molecule has 0 spiro atoms. The highest BCUT2D eigenvalue weighted by atomic mass is 35.5. The van der Waals surface area contributed by atoms with E-state index >= 15 is 0 Å². The second kappa shape index (κ2) is 8.29. The Morgan fingerprint density at radius 2 is 1.67 bits per heavy atom. The molecule has 0 radical (unpaired) electrons. The molecule has 0 saturated carbocycles. The average Bonchev–Trinajstić information content (AvgIpc) is 2.75. The second-order valence-corrected chi connectivity index (χ2v) is 8.05. The third kappa shape index (κ3) is 4.07. The number of pyridine rings is 1. The number of fused-ring (bicyclic) bond motifs is 1. The molecule has 0 fully saturated rings. The predicted molar refractivity (Wildman–Crippen MR) is 124 cm³/mol. The summed E-state index contributed by atoms with van der Waals surface area (Å²) in [5, 5.41) is 4.63. The van der Waals surface area contributed by atoms with Crippen LogP contribution >= 0.6 is 11.6 Å². The molecule has 4 aromatic rings. The van der Waals surface area contributed by atoms with Gasteiger partial charge in [0.2, 0.25) is 0 Å². The highest BCUT2D eigenvalue weighted by Crippen LogP contribution is 2.27. The molecule has 4 heteroatoms. The van der Waals surface area contributed by atoms with Gasteiger partial charge in [-0.05, 0) is 67.8 Å². The molecule has 150 valence electrons. The summed E-state index contributed by atoms with van der Waals surface area (Å²) in [5.74, 6) is -0.124. The molecule has 30 heavy (non-hydrogen) atoms. The first-order chi connectivity index (χ1) is 14.4. The van der Waals surface area contributed by atoms with E-state index in [1.807, 2.05) is 61.5 Å². The molecular weight excluding hydrogens is 392 g/mol. The van der Waals surface area contributed by atoms with Gasteiger partial charge >= 0.3 is 0 Å².